The number of hydrogen-bond donors (Lipinski definition) is 1. The Balaban J connectivity index is 2.46. The van der Waals surface area contributed by atoms with Crippen LogP contribution in [0.3, 0.4) is 0 Å². The quantitative estimate of drug-likeness (QED) is 0.869. The van der Waals surface area contributed by atoms with Crippen LogP contribution in [0.5, 0.6) is 0 Å². The highest BCUT2D eigenvalue weighted by Gasteiger charge is 2.39. The van der Waals surface area contributed by atoms with E-state index in [1.165, 1.54) is 5.56 Å². The van der Waals surface area contributed by atoms with E-state index < -0.39 is 0 Å². The summed E-state index contributed by atoms with van der Waals surface area (Å²) in [6, 6.07) is 10.1. The first-order valence-electron chi connectivity index (χ1n) is 6.58. The number of amides is 1. The van der Waals surface area contributed by atoms with Gasteiger partial charge in [-0.05, 0) is 25.3 Å². The smallest absolute Gasteiger partial charge is 0.249 e. The minimum absolute atomic E-state index is 0.00667. The molecule has 1 heterocycles. The lowest BCUT2D eigenvalue weighted by atomic mass is 9.74. The van der Waals surface area contributed by atoms with Gasteiger partial charge in [-0.15, -0.1) is 0 Å². The van der Waals surface area contributed by atoms with Crippen molar-refractivity contribution >= 4 is 11.7 Å². The fourth-order valence-corrected chi connectivity index (χ4v) is 2.64. The predicted octanol–water partition coefficient (Wildman–Crippen LogP) is 2.66. The minimum Gasteiger partial charge on any atom is -0.312 e. The van der Waals surface area contributed by atoms with Crippen LogP contribution in [0.1, 0.15) is 39.2 Å². The van der Waals surface area contributed by atoms with Crippen molar-refractivity contribution in [3.63, 3.8) is 0 Å². The Kier molecular flexibility index (Phi) is 3.50. The molecule has 0 saturated carbocycles. The molecular weight excluding hydrogens is 224 g/mol. The second kappa shape index (κ2) is 4.92. The third-order valence-corrected chi connectivity index (χ3v) is 3.93. The zero-order valence-corrected chi connectivity index (χ0v) is 11.2. The maximum absolute atomic E-state index is 11.7. The molecule has 1 unspecified atom stereocenters. The predicted molar refractivity (Wildman–Crippen MR) is 73.7 cm³/mol. The first-order chi connectivity index (χ1) is 8.64. The van der Waals surface area contributed by atoms with Gasteiger partial charge in [0.25, 0.3) is 0 Å². The Morgan fingerprint density at radius 2 is 1.83 bits per heavy atom. The fraction of sp³-hybridized carbons (Fsp3) is 0.467. The molecule has 0 saturated heterocycles. The number of aliphatic imine (C=N–C) groups is 1. The summed E-state index contributed by atoms with van der Waals surface area (Å²) in [5.74, 6) is 0.836. The number of nitrogens with one attached hydrogen (secondary N) is 1. The molecule has 18 heavy (non-hydrogen) atoms. The van der Waals surface area contributed by atoms with E-state index >= 15 is 0 Å². The van der Waals surface area contributed by atoms with Crippen molar-refractivity contribution in [3.8, 4) is 0 Å². The maximum Gasteiger partial charge on any atom is 0.249 e. The first-order valence-corrected chi connectivity index (χ1v) is 6.58. The molecule has 0 bridgehead atoms. The van der Waals surface area contributed by atoms with Crippen molar-refractivity contribution in [2.75, 3.05) is 0 Å². The van der Waals surface area contributed by atoms with Gasteiger partial charge in [-0.1, -0.05) is 44.2 Å². The van der Waals surface area contributed by atoms with Gasteiger partial charge in [0, 0.05) is 0 Å². The van der Waals surface area contributed by atoms with Crippen molar-refractivity contribution in [2.24, 2.45) is 4.99 Å². The van der Waals surface area contributed by atoms with E-state index in [4.69, 9.17) is 0 Å². The van der Waals surface area contributed by atoms with Gasteiger partial charge in [0.2, 0.25) is 5.91 Å². The van der Waals surface area contributed by atoms with E-state index in [0.717, 1.165) is 18.7 Å². The molecule has 1 atom stereocenters. The molecule has 0 radical (unpaired) electrons. The average Bonchev–Trinajstić information content (AvgIpc) is 2.74. The van der Waals surface area contributed by atoms with Gasteiger partial charge in [-0.25, -0.2) is 0 Å². The topological polar surface area (TPSA) is 41.5 Å². The molecule has 1 N–H and O–H groups in total. The molecule has 96 valence electrons. The zero-order valence-electron chi connectivity index (χ0n) is 11.2. The number of amidine groups is 1. The van der Waals surface area contributed by atoms with Crippen LogP contribution in [-0.4, -0.2) is 17.8 Å². The Morgan fingerprint density at radius 3 is 2.28 bits per heavy atom. The van der Waals surface area contributed by atoms with E-state index in [9.17, 15) is 4.79 Å². The van der Waals surface area contributed by atoms with Crippen LogP contribution < -0.4 is 5.32 Å². The molecule has 1 aromatic rings. The average molecular weight is 244 g/mol. The Bertz CT molecular complexity index is 461. The van der Waals surface area contributed by atoms with Crippen molar-refractivity contribution < 1.29 is 4.79 Å². The Labute approximate surface area is 108 Å². The maximum atomic E-state index is 11.7. The summed E-state index contributed by atoms with van der Waals surface area (Å²) in [5, 5.41) is 2.96. The normalized spacial score (nSPS) is 19.6. The summed E-state index contributed by atoms with van der Waals surface area (Å²) in [5.41, 5.74) is 1.06. The SMILES string of the molecule is CCC(CC)(C1=NC(C)C(=O)N1)c1ccccc1. The lowest BCUT2D eigenvalue weighted by Crippen LogP contribution is -2.43. The Hall–Kier alpha value is -1.64. The second-order valence-electron chi connectivity index (χ2n) is 4.80. The number of rotatable bonds is 4. The third kappa shape index (κ3) is 1.94. The highest BCUT2D eigenvalue weighted by molar-refractivity contribution is 6.10. The molecule has 1 aliphatic rings. The number of carbonyl (C=O) groups excluding carboxylic acids is 1. The van der Waals surface area contributed by atoms with E-state index in [2.05, 4.69) is 36.3 Å². The molecule has 1 aliphatic heterocycles. The molecule has 0 fully saturated rings. The van der Waals surface area contributed by atoms with Crippen molar-refractivity contribution in [2.45, 2.75) is 45.1 Å². The summed E-state index contributed by atoms with van der Waals surface area (Å²) >= 11 is 0. The summed E-state index contributed by atoms with van der Waals surface area (Å²) in [6.45, 7) is 6.13. The number of benzene rings is 1. The number of hydrogen-bond acceptors (Lipinski definition) is 2. The second-order valence-corrected chi connectivity index (χ2v) is 4.80. The highest BCUT2D eigenvalue weighted by atomic mass is 16.2. The molecule has 3 nitrogen and oxygen atoms in total. The van der Waals surface area contributed by atoms with Crippen LogP contribution in [0.4, 0.5) is 0 Å². The third-order valence-electron chi connectivity index (χ3n) is 3.93. The van der Waals surface area contributed by atoms with Crippen molar-refractivity contribution in [1.82, 2.24) is 5.32 Å². The standard InChI is InChI=1S/C15H20N2O/c1-4-15(5-2,12-9-7-6-8-10-12)14-16-11(3)13(18)17-14/h6-11H,4-5H2,1-3H3,(H,16,17,18). The lowest BCUT2D eigenvalue weighted by Gasteiger charge is -2.32. The van der Waals surface area contributed by atoms with Gasteiger partial charge < -0.3 is 5.32 Å². The van der Waals surface area contributed by atoms with E-state index in [0.29, 0.717) is 0 Å². The largest absolute Gasteiger partial charge is 0.312 e. The van der Waals surface area contributed by atoms with Crippen molar-refractivity contribution in [3.05, 3.63) is 35.9 Å². The molecule has 0 aliphatic carbocycles. The Morgan fingerprint density at radius 1 is 1.22 bits per heavy atom. The molecule has 2 rings (SSSR count). The summed E-state index contributed by atoms with van der Waals surface area (Å²) in [4.78, 5) is 16.2. The van der Waals surface area contributed by atoms with E-state index in [1.54, 1.807) is 0 Å². The summed E-state index contributed by atoms with van der Waals surface area (Å²) < 4.78 is 0. The molecular formula is C15H20N2O. The van der Waals surface area contributed by atoms with Crippen LogP contribution in [0, 0.1) is 0 Å². The van der Waals surface area contributed by atoms with Gasteiger partial charge in [0.1, 0.15) is 11.9 Å². The first kappa shape index (κ1) is 12.8. The van der Waals surface area contributed by atoms with Gasteiger partial charge in [-0.3, -0.25) is 9.79 Å². The van der Waals surface area contributed by atoms with Crippen LogP contribution in [0.15, 0.2) is 35.3 Å². The summed E-state index contributed by atoms with van der Waals surface area (Å²) in [7, 11) is 0. The lowest BCUT2D eigenvalue weighted by molar-refractivity contribution is -0.119. The van der Waals surface area contributed by atoms with Crippen LogP contribution in [0.25, 0.3) is 0 Å². The van der Waals surface area contributed by atoms with Gasteiger partial charge in [0.05, 0.1) is 5.41 Å². The van der Waals surface area contributed by atoms with Gasteiger partial charge >= 0.3 is 0 Å². The van der Waals surface area contributed by atoms with Crippen LogP contribution in [0.2, 0.25) is 0 Å². The molecule has 1 aromatic carbocycles. The minimum atomic E-state index is -0.263. The number of nitrogens with zero attached hydrogens (tertiary/aromatic N) is 1. The molecule has 3 heteroatoms. The van der Waals surface area contributed by atoms with Crippen LogP contribution in [-0.2, 0) is 10.2 Å². The number of carbonyl (C=O) groups is 1. The zero-order chi connectivity index (χ0) is 13.2. The molecule has 1 amide bonds. The molecule has 0 aromatic heterocycles. The van der Waals surface area contributed by atoms with Gasteiger partial charge in [-0.2, -0.15) is 0 Å². The molecule has 0 spiro atoms. The monoisotopic (exact) mass is 244 g/mol. The van der Waals surface area contributed by atoms with Crippen molar-refractivity contribution in [1.29, 1.82) is 0 Å². The fourth-order valence-electron chi connectivity index (χ4n) is 2.64. The van der Waals surface area contributed by atoms with E-state index in [1.807, 2.05) is 25.1 Å². The summed E-state index contributed by atoms with van der Waals surface area (Å²) in [6.07, 6.45) is 1.86. The van der Waals surface area contributed by atoms with Crippen LogP contribution >= 0.6 is 0 Å². The van der Waals surface area contributed by atoms with Gasteiger partial charge in [0.15, 0.2) is 0 Å². The van der Waals surface area contributed by atoms with E-state index in [-0.39, 0.29) is 17.4 Å². The highest BCUT2D eigenvalue weighted by Crippen LogP contribution is 2.34.